The van der Waals surface area contributed by atoms with E-state index in [1.807, 2.05) is 31.2 Å². The number of nitrogens with one attached hydrogen (secondary N) is 1. The van der Waals surface area contributed by atoms with E-state index in [2.05, 4.69) is 5.32 Å². The number of aliphatic hydroxyl groups excluding tert-OH is 1. The Balaban J connectivity index is 2.61. The van der Waals surface area contributed by atoms with Gasteiger partial charge in [-0.3, -0.25) is 0 Å². The zero-order chi connectivity index (χ0) is 11.1. The Morgan fingerprint density at radius 1 is 1.47 bits per heavy atom. The first-order valence-electron chi connectivity index (χ1n) is 5.27. The van der Waals surface area contributed by atoms with Crippen molar-refractivity contribution in [1.29, 1.82) is 0 Å². The van der Waals surface area contributed by atoms with Crippen LogP contribution in [0.3, 0.4) is 0 Å². The fraction of sp³-hybridized carbons (Fsp3) is 0.500. The fourth-order valence-electron chi connectivity index (χ4n) is 1.57. The van der Waals surface area contributed by atoms with E-state index in [1.165, 1.54) is 5.56 Å². The Hall–Kier alpha value is -1.06. The molecular weight excluding hydrogens is 190 g/mol. The molecule has 1 unspecified atom stereocenters. The third-order valence-electron chi connectivity index (χ3n) is 2.33. The number of hydrogen-bond acceptors (Lipinski definition) is 3. The van der Waals surface area contributed by atoms with Gasteiger partial charge >= 0.3 is 0 Å². The molecule has 0 saturated heterocycles. The smallest absolute Gasteiger partial charge is 0.119 e. The van der Waals surface area contributed by atoms with Gasteiger partial charge in [0.25, 0.3) is 0 Å². The maximum Gasteiger partial charge on any atom is 0.119 e. The van der Waals surface area contributed by atoms with Crippen LogP contribution < -0.4 is 10.1 Å². The molecule has 0 saturated carbocycles. The van der Waals surface area contributed by atoms with Gasteiger partial charge in [-0.2, -0.15) is 0 Å². The van der Waals surface area contributed by atoms with E-state index in [0.29, 0.717) is 0 Å². The Bertz CT molecular complexity index is 289. The minimum atomic E-state index is 0.127. The van der Waals surface area contributed by atoms with Gasteiger partial charge in [-0.1, -0.05) is 19.1 Å². The van der Waals surface area contributed by atoms with Crippen molar-refractivity contribution in [2.45, 2.75) is 19.4 Å². The molecule has 2 N–H and O–H groups in total. The van der Waals surface area contributed by atoms with Gasteiger partial charge in [0.15, 0.2) is 0 Å². The van der Waals surface area contributed by atoms with Crippen LogP contribution in [0.2, 0.25) is 0 Å². The molecule has 84 valence electrons. The summed E-state index contributed by atoms with van der Waals surface area (Å²) < 4.78 is 5.15. The molecule has 3 nitrogen and oxygen atoms in total. The number of ether oxygens (including phenoxy) is 1. The lowest BCUT2D eigenvalue weighted by Gasteiger charge is -2.15. The van der Waals surface area contributed by atoms with Gasteiger partial charge in [0.1, 0.15) is 5.75 Å². The van der Waals surface area contributed by atoms with Gasteiger partial charge in [-0.25, -0.2) is 0 Å². The molecule has 3 heteroatoms. The number of likely N-dealkylation sites (N-methyl/N-ethyl adjacent to an activating group) is 1. The van der Waals surface area contributed by atoms with Crippen LogP contribution in [0, 0.1) is 0 Å². The summed E-state index contributed by atoms with van der Waals surface area (Å²) in [5, 5.41) is 12.4. The molecule has 0 aliphatic carbocycles. The number of methoxy groups -OCH3 is 1. The van der Waals surface area contributed by atoms with E-state index in [-0.39, 0.29) is 12.6 Å². The lowest BCUT2D eigenvalue weighted by atomic mass is 10.1. The van der Waals surface area contributed by atoms with Crippen LogP contribution in [0.4, 0.5) is 0 Å². The number of rotatable bonds is 6. The summed E-state index contributed by atoms with van der Waals surface area (Å²) in [6.07, 6.45) is 0.821. The molecule has 1 atom stereocenters. The largest absolute Gasteiger partial charge is 0.497 e. The first kappa shape index (κ1) is 12.0. The number of benzene rings is 1. The average molecular weight is 209 g/mol. The lowest BCUT2D eigenvalue weighted by Crippen LogP contribution is -2.34. The van der Waals surface area contributed by atoms with Crippen LogP contribution in [0.1, 0.15) is 12.5 Å². The number of aliphatic hydroxyl groups is 1. The molecule has 1 rings (SSSR count). The van der Waals surface area contributed by atoms with Crippen molar-refractivity contribution < 1.29 is 9.84 Å². The van der Waals surface area contributed by atoms with Crippen molar-refractivity contribution in [2.75, 3.05) is 20.3 Å². The molecule has 15 heavy (non-hydrogen) atoms. The summed E-state index contributed by atoms with van der Waals surface area (Å²) in [6.45, 7) is 3.06. The minimum Gasteiger partial charge on any atom is -0.497 e. The van der Waals surface area contributed by atoms with Crippen molar-refractivity contribution in [2.24, 2.45) is 0 Å². The van der Waals surface area contributed by atoms with Crippen LogP contribution in [-0.4, -0.2) is 31.4 Å². The van der Waals surface area contributed by atoms with Gasteiger partial charge in [-0.05, 0) is 30.7 Å². The molecule has 0 spiro atoms. The van der Waals surface area contributed by atoms with Crippen molar-refractivity contribution in [3.63, 3.8) is 0 Å². The van der Waals surface area contributed by atoms with Crippen LogP contribution >= 0.6 is 0 Å². The maximum absolute atomic E-state index is 9.15. The van der Waals surface area contributed by atoms with Crippen LogP contribution in [-0.2, 0) is 6.42 Å². The second-order valence-electron chi connectivity index (χ2n) is 3.49. The van der Waals surface area contributed by atoms with Gasteiger partial charge in [0.2, 0.25) is 0 Å². The highest BCUT2D eigenvalue weighted by Crippen LogP contribution is 2.13. The molecule has 0 aromatic heterocycles. The highest BCUT2D eigenvalue weighted by molar-refractivity contribution is 5.28. The van der Waals surface area contributed by atoms with E-state index in [9.17, 15) is 0 Å². The first-order valence-corrected chi connectivity index (χ1v) is 5.27. The molecule has 0 aliphatic heterocycles. The van der Waals surface area contributed by atoms with E-state index in [4.69, 9.17) is 9.84 Å². The summed E-state index contributed by atoms with van der Waals surface area (Å²) in [4.78, 5) is 0. The standard InChI is InChI=1S/C12H19NO2/c1-3-13-11(9-14)7-10-5-4-6-12(8-10)15-2/h4-6,8,11,13-14H,3,7,9H2,1-2H3. The van der Waals surface area contributed by atoms with E-state index in [1.54, 1.807) is 7.11 Å². The quantitative estimate of drug-likeness (QED) is 0.740. The lowest BCUT2D eigenvalue weighted by molar-refractivity contribution is 0.243. The summed E-state index contributed by atoms with van der Waals surface area (Å²) in [7, 11) is 1.66. The molecular formula is C12H19NO2. The molecule has 0 radical (unpaired) electrons. The van der Waals surface area contributed by atoms with Gasteiger partial charge in [0, 0.05) is 6.04 Å². The van der Waals surface area contributed by atoms with Crippen molar-refractivity contribution in [3.05, 3.63) is 29.8 Å². The predicted molar refractivity (Wildman–Crippen MR) is 61.2 cm³/mol. The SMILES string of the molecule is CCNC(CO)Cc1cccc(OC)c1. The number of hydrogen-bond donors (Lipinski definition) is 2. The van der Waals surface area contributed by atoms with Crippen molar-refractivity contribution in [3.8, 4) is 5.75 Å². The highest BCUT2D eigenvalue weighted by Gasteiger charge is 2.06. The van der Waals surface area contributed by atoms with Crippen molar-refractivity contribution >= 4 is 0 Å². The summed E-state index contributed by atoms with van der Waals surface area (Å²) in [6, 6.07) is 8.06. The van der Waals surface area contributed by atoms with Crippen LogP contribution in [0.5, 0.6) is 5.75 Å². The second kappa shape index (κ2) is 6.43. The second-order valence-corrected chi connectivity index (χ2v) is 3.49. The molecule has 0 bridgehead atoms. The first-order chi connectivity index (χ1) is 7.30. The average Bonchev–Trinajstić information content (AvgIpc) is 2.29. The van der Waals surface area contributed by atoms with Gasteiger partial charge < -0.3 is 15.2 Å². The Morgan fingerprint density at radius 2 is 2.27 bits per heavy atom. The fourth-order valence-corrected chi connectivity index (χ4v) is 1.57. The predicted octanol–water partition coefficient (Wildman–Crippen LogP) is 1.21. The molecule has 1 aromatic rings. The monoisotopic (exact) mass is 209 g/mol. The zero-order valence-electron chi connectivity index (χ0n) is 9.36. The molecule has 0 amide bonds. The molecule has 1 aromatic carbocycles. The Morgan fingerprint density at radius 3 is 2.87 bits per heavy atom. The maximum atomic E-state index is 9.15. The normalized spacial score (nSPS) is 12.5. The Kier molecular flexibility index (Phi) is 5.15. The molecule has 0 heterocycles. The third-order valence-corrected chi connectivity index (χ3v) is 2.33. The van der Waals surface area contributed by atoms with Crippen molar-refractivity contribution in [1.82, 2.24) is 5.32 Å². The van der Waals surface area contributed by atoms with Crippen LogP contribution in [0.25, 0.3) is 0 Å². The highest BCUT2D eigenvalue weighted by atomic mass is 16.5. The zero-order valence-corrected chi connectivity index (χ0v) is 9.36. The summed E-state index contributed by atoms with van der Waals surface area (Å²) in [5.41, 5.74) is 1.18. The molecule has 0 aliphatic rings. The topological polar surface area (TPSA) is 41.5 Å². The van der Waals surface area contributed by atoms with E-state index < -0.39 is 0 Å². The summed E-state index contributed by atoms with van der Waals surface area (Å²) >= 11 is 0. The molecule has 0 fully saturated rings. The third kappa shape index (κ3) is 3.90. The minimum absolute atomic E-state index is 0.127. The van der Waals surface area contributed by atoms with Gasteiger partial charge in [0.05, 0.1) is 13.7 Å². The van der Waals surface area contributed by atoms with Crippen LogP contribution in [0.15, 0.2) is 24.3 Å². The van der Waals surface area contributed by atoms with Gasteiger partial charge in [-0.15, -0.1) is 0 Å². The van der Waals surface area contributed by atoms with E-state index in [0.717, 1.165) is 18.7 Å². The van der Waals surface area contributed by atoms with E-state index >= 15 is 0 Å². The summed E-state index contributed by atoms with van der Waals surface area (Å²) in [5.74, 6) is 0.862. The Labute approximate surface area is 91.1 Å².